The third-order valence-electron chi connectivity index (χ3n) is 2.40. The average Bonchev–Trinajstić information content (AvgIpc) is 2.34. The van der Waals surface area contributed by atoms with Crippen LogP contribution in [0.15, 0.2) is 35.9 Å². The predicted octanol–water partition coefficient (Wildman–Crippen LogP) is 2.88. The molecule has 0 aliphatic heterocycles. The van der Waals surface area contributed by atoms with Crippen molar-refractivity contribution in [1.29, 1.82) is 0 Å². The lowest BCUT2D eigenvalue weighted by Crippen LogP contribution is -2.06. The molecule has 0 N–H and O–H groups in total. The summed E-state index contributed by atoms with van der Waals surface area (Å²) in [6, 6.07) is 7.80. The van der Waals surface area contributed by atoms with E-state index in [2.05, 4.69) is 4.74 Å². The van der Waals surface area contributed by atoms with Crippen LogP contribution in [-0.4, -0.2) is 19.7 Å². The van der Waals surface area contributed by atoms with Crippen molar-refractivity contribution >= 4 is 5.97 Å². The van der Waals surface area contributed by atoms with Crippen molar-refractivity contribution in [2.75, 3.05) is 13.7 Å². The summed E-state index contributed by atoms with van der Waals surface area (Å²) in [4.78, 5) is 11.3. The molecule has 1 aromatic carbocycles. The summed E-state index contributed by atoms with van der Waals surface area (Å²) in [7, 11) is 1.38. The largest absolute Gasteiger partial charge is 0.490 e. The molecule has 92 valence electrons. The van der Waals surface area contributed by atoms with Crippen LogP contribution in [0.25, 0.3) is 0 Å². The number of carbonyl (C=O) groups excluding carboxylic acids is 1. The van der Waals surface area contributed by atoms with Crippen LogP contribution < -0.4 is 4.74 Å². The van der Waals surface area contributed by atoms with Crippen molar-refractivity contribution < 1.29 is 14.3 Å². The summed E-state index contributed by atoms with van der Waals surface area (Å²) in [6.07, 6.45) is 2.40. The first-order valence-corrected chi connectivity index (χ1v) is 5.64. The van der Waals surface area contributed by atoms with Gasteiger partial charge in [0, 0.05) is 5.57 Å². The monoisotopic (exact) mass is 234 g/mol. The van der Waals surface area contributed by atoms with Gasteiger partial charge in [-0.3, -0.25) is 0 Å². The highest BCUT2D eigenvalue weighted by atomic mass is 16.5. The Morgan fingerprint density at radius 2 is 2.18 bits per heavy atom. The van der Waals surface area contributed by atoms with Crippen LogP contribution in [-0.2, 0) is 9.53 Å². The minimum absolute atomic E-state index is 0.291. The fourth-order valence-corrected chi connectivity index (χ4v) is 1.45. The number of carbonyl (C=O) groups is 1. The minimum Gasteiger partial charge on any atom is -0.490 e. The van der Waals surface area contributed by atoms with Gasteiger partial charge in [-0.25, -0.2) is 4.79 Å². The smallest absolute Gasteiger partial charge is 0.333 e. The molecule has 0 bridgehead atoms. The van der Waals surface area contributed by atoms with Crippen LogP contribution in [0, 0.1) is 6.92 Å². The summed E-state index contributed by atoms with van der Waals surface area (Å²) in [5.41, 5.74) is 1.79. The van der Waals surface area contributed by atoms with Gasteiger partial charge in [0.2, 0.25) is 0 Å². The van der Waals surface area contributed by atoms with E-state index in [0.29, 0.717) is 18.6 Å². The zero-order chi connectivity index (χ0) is 12.7. The number of rotatable bonds is 5. The fraction of sp³-hybridized carbons (Fsp3) is 0.357. The highest BCUT2D eigenvalue weighted by molar-refractivity contribution is 5.88. The Morgan fingerprint density at radius 1 is 1.41 bits per heavy atom. The SMILES string of the molecule is CCC(=CCOc1cccc(C)c1)C(=O)OC. The number of hydrogen-bond acceptors (Lipinski definition) is 3. The third kappa shape index (κ3) is 4.31. The number of hydrogen-bond donors (Lipinski definition) is 0. The van der Waals surface area contributed by atoms with E-state index in [1.807, 2.05) is 38.1 Å². The maximum absolute atomic E-state index is 11.3. The van der Waals surface area contributed by atoms with Crippen molar-refractivity contribution in [2.24, 2.45) is 0 Å². The van der Waals surface area contributed by atoms with E-state index in [4.69, 9.17) is 4.74 Å². The average molecular weight is 234 g/mol. The van der Waals surface area contributed by atoms with E-state index in [0.717, 1.165) is 11.3 Å². The number of methoxy groups -OCH3 is 1. The Morgan fingerprint density at radius 3 is 2.76 bits per heavy atom. The molecule has 1 aromatic rings. The van der Waals surface area contributed by atoms with Crippen LogP contribution >= 0.6 is 0 Å². The molecule has 0 aliphatic rings. The molecule has 0 radical (unpaired) electrons. The van der Waals surface area contributed by atoms with E-state index in [1.54, 1.807) is 6.08 Å². The van der Waals surface area contributed by atoms with E-state index in [-0.39, 0.29) is 5.97 Å². The molecule has 0 atom stereocenters. The second-order valence-corrected chi connectivity index (χ2v) is 3.70. The van der Waals surface area contributed by atoms with E-state index < -0.39 is 0 Å². The van der Waals surface area contributed by atoms with Gasteiger partial charge >= 0.3 is 5.97 Å². The topological polar surface area (TPSA) is 35.5 Å². The molecular weight excluding hydrogens is 216 g/mol. The summed E-state index contributed by atoms with van der Waals surface area (Å²) in [5.74, 6) is 0.516. The van der Waals surface area contributed by atoms with Crippen LogP contribution in [0.3, 0.4) is 0 Å². The molecule has 17 heavy (non-hydrogen) atoms. The zero-order valence-electron chi connectivity index (χ0n) is 10.5. The van der Waals surface area contributed by atoms with Gasteiger partial charge in [0.05, 0.1) is 7.11 Å². The summed E-state index contributed by atoms with van der Waals surface area (Å²) in [6.45, 7) is 4.30. The molecule has 0 heterocycles. The van der Waals surface area contributed by atoms with Crippen molar-refractivity contribution in [3.63, 3.8) is 0 Å². The zero-order valence-corrected chi connectivity index (χ0v) is 10.5. The second kappa shape index (κ2) is 6.74. The maximum Gasteiger partial charge on any atom is 0.333 e. The Balaban J connectivity index is 2.56. The fourth-order valence-electron chi connectivity index (χ4n) is 1.45. The normalized spacial score (nSPS) is 11.1. The number of aryl methyl sites for hydroxylation is 1. The molecule has 0 aliphatic carbocycles. The molecule has 0 saturated heterocycles. The van der Waals surface area contributed by atoms with Gasteiger partial charge in [-0.2, -0.15) is 0 Å². The summed E-state index contributed by atoms with van der Waals surface area (Å²) < 4.78 is 10.2. The van der Waals surface area contributed by atoms with Gasteiger partial charge in [0.15, 0.2) is 0 Å². The molecule has 0 spiro atoms. The summed E-state index contributed by atoms with van der Waals surface area (Å²) >= 11 is 0. The van der Waals surface area contributed by atoms with Crippen molar-refractivity contribution in [1.82, 2.24) is 0 Å². The number of esters is 1. The van der Waals surface area contributed by atoms with E-state index >= 15 is 0 Å². The quantitative estimate of drug-likeness (QED) is 0.580. The first-order valence-electron chi connectivity index (χ1n) is 5.64. The second-order valence-electron chi connectivity index (χ2n) is 3.70. The van der Waals surface area contributed by atoms with Gasteiger partial charge in [0.1, 0.15) is 12.4 Å². The molecule has 0 fully saturated rings. The van der Waals surface area contributed by atoms with E-state index in [1.165, 1.54) is 7.11 Å². The van der Waals surface area contributed by atoms with Crippen LogP contribution in [0.1, 0.15) is 18.9 Å². The highest BCUT2D eigenvalue weighted by Crippen LogP contribution is 2.12. The third-order valence-corrected chi connectivity index (χ3v) is 2.40. The summed E-state index contributed by atoms with van der Waals surface area (Å²) in [5, 5.41) is 0. The number of ether oxygens (including phenoxy) is 2. The van der Waals surface area contributed by atoms with Crippen LogP contribution in [0.5, 0.6) is 5.75 Å². The van der Waals surface area contributed by atoms with Crippen LogP contribution in [0.4, 0.5) is 0 Å². The van der Waals surface area contributed by atoms with Gasteiger partial charge in [-0.05, 0) is 37.1 Å². The maximum atomic E-state index is 11.3. The van der Waals surface area contributed by atoms with Crippen LogP contribution in [0.2, 0.25) is 0 Å². The molecule has 0 saturated carbocycles. The minimum atomic E-state index is -0.291. The van der Waals surface area contributed by atoms with Gasteiger partial charge in [-0.15, -0.1) is 0 Å². The van der Waals surface area contributed by atoms with Gasteiger partial charge in [0.25, 0.3) is 0 Å². The Hall–Kier alpha value is -1.77. The molecule has 3 heteroatoms. The lowest BCUT2D eigenvalue weighted by molar-refractivity contribution is -0.136. The van der Waals surface area contributed by atoms with Gasteiger partial charge in [-0.1, -0.05) is 19.1 Å². The standard InChI is InChI=1S/C14H18O3/c1-4-12(14(15)16-3)8-9-17-13-7-5-6-11(2)10-13/h5-8,10H,4,9H2,1-3H3. The Labute approximate surface area is 102 Å². The van der Waals surface area contributed by atoms with E-state index in [9.17, 15) is 4.79 Å². The Bertz CT molecular complexity index is 408. The molecule has 1 rings (SSSR count). The molecule has 0 aromatic heterocycles. The molecule has 0 unspecified atom stereocenters. The van der Waals surface area contributed by atoms with Crippen molar-refractivity contribution in [3.05, 3.63) is 41.5 Å². The Kier molecular flexibility index (Phi) is 5.27. The highest BCUT2D eigenvalue weighted by Gasteiger charge is 2.05. The molecule has 3 nitrogen and oxygen atoms in total. The molecular formula is C14H18O3. The van der Waals surface area contributed by atoms with Gasteiger partial charge < -0.3 is 9.47 Å². The van der Waals surface area contributed by atoms with Crippen molar-refractivity contribution in [2.45, 2.75) is 20.3 Å². The number of benzene rings is 1. The lowest BCUT2D eigenvalue weighted by Gasteiger charge is -2.05. The van der Waals surface area contributed by atoms with Crippen molar-refractivity contribution in [3.8, 4) is 5.75 Å². The molecule has 0 amide bonds. The first-order chi connectivity index (χ1) is 8.17. The predicted molar refractivity (Wildman–Crippen MR) is 67.1 cm³/mol. The first kappa shape index (κ1) is 13.3. The lowest BCUT2D eigenvalue weighted by atomic mass is 10.2.